The van der Waals surface area contributed by atoms with Crippen molar-refractivity contribution in [3.63, 3.8) is 0 Å². The lowest BCUT2D eigenvalue weighted by atomic mass is 10.1. The van der Waals surface area contributed by atoms with Gasteiger partial charge in [-0.1, -0.05) is 29.8 Å². The first kappa shape index (κ1) is 15.3. The molecule has 0 bridgehead atoms. The van der Waals surface area contributed by atoms with Crippen LogP contribution >= 0.6 is 11.6 Å². The van der Waals surface area contributed by atoms with E-state index in [1.54, 1.807) is 30.3 Å². The summed E-state index contributed by atoms with van der Waals surface area (Å²) in [6, 6.07) is 16.1. The Morgan fingerprint density at radius 3 is 2.62 bits per heavy atom. The maximum absolute atomic E-state index is 12.5. The van der Waals surface area contributed by atoms with Gasteiger partial charge >= 0.3 is 0 Å². The number of aromatic nitrogens is 2. The van der Waals surface area contributed by atoms with Gasteiger partial charge in [0.1, 0.15) is 0 Å². The SMILES string of the molecule is O=c1cc2c(nn1-c1ccc(Cl)cc1)-c1ccccc1[S@](=O)CC2. The topological polar surface area (TPSA) is 52.0 Å². The van der Waals surface area contributed by atoms with Crippen molar-refractivity contribution in [1.29, 1.82) is 0 Å². The Hall–Kier alpha value is -2.24. The second-order valence-electron chi connectivity index (χ2n) is 5.54. The molecule has 0 amide bonds. The average Bonchev–Trinajstić information content (AvgIpc) is 2.73. The van der Waals surface area contributed by atoms with Crippen LogP contribution in [0.1, 0.15) is 5.56 Å². The summed E-state index contributed by atoms with van der Waals surface area (Å²) in [5.41, 5.74) is 2.82. The van der Waals surface area contributed by atoms with Gasteiger partial charge in [-0.05, 0) is 42.3 Å². The van der Waals surface area contributed by atoms with Crippen LogP contribution in [0.15, 0.2) is 64.3 Å². The van der Waals surface area contributed by atoms with E-state index in [-0.39, 0.29) is 5.56 Å². The molecule has 4 nitrogen and oxygen atoms in total. The highest BCUT2D eigenvalue weighted by molar-refractivity contribution is 7.85. The molecule has 0 N–H and O–H groups in total. The largest absolute Gasteiger partial charge is 0.271 e. The fourth-order valence-electron chi connectivity index (χ4n) is 2.85. The molecule has 4 rings (SSSR count). The van der Waals surface area contributed by atoms with E-state index in [2.05, 4.69) is 5.10 Å². The van der Waals surface area contributed by atoms with E-state index in [0.717, 1.165) is 16.0 Å². The molecule has 1 aliphatic rings. The molecule has 1 atom stereocenters. The maximum Gasteiger partial charge on any atom is 0.271 e. The van der Waals surface area contributed by atoms with Gasteiger partial charge in [0.2, 0.25) is 0 Å². The number of hydrogen-bond donors (Lipinski definition) is 0. The van der Waals surface area contributed by atoms with E-state index in [9.17, 15) is 9.00 Å². The van der Waals surface area contributed by atoms with Crippen molar-refractivity contribution in [2.24, 2.45) is 0 Å². The van der Waals surface area contributed by atoms with E-state index in [1.807, 2.05) is 24.3 Å². The highest BCUT2D eigenvalue weighted by Crippen LogP contribution is 2.30. The maximum atomic E-state index is 12.5. The Kier molecular flexibility index (Phi) is 3.82. The molecule has 24 heavy (non-hydrogen) atoms. The van der Waals surface area contributed by atoms with E-state index >= 15 is 0 Å². The second kappa shape index (κ2) is 6.00. The van der Waals surface area contributed by atoms with Crippen molar-refractivity contribution < 1.29 is 4.21 Å². The molecule has 0 fully saturated rings. The van der Waals surface area contributed by atoms with Crippen LogP contribution in [0.3, 0.4) is 0 Å². The first-order valence-electron chi connectivity index (χ1n) is 7.50. The number of benzene rings is 2. The Morgan fingerprint density at radius 1 is 1.08 bits per heavy atom. The lowest BCUT2D eigenvalue weighted by molar-refractivity contribution is 0.683. The molecule has 0 spiro atoms. The highest BCUT2D eigenvalue weighted by atomic mass is 35.5. The van der Waals surface area contributed by atoms with E-state index < -0.39 is 10.8 Å². The first-order chi connectivity index (χ1) is 11.6. The summed E-state index contributed by atoms with van der Waals surface area (Å²) in [6.07, 6.45) is 0.570. The van der Waals surface area contributed by atoms with Crippen LogP contribution in [0.2, 0.25) is 5.02 Å². The van der Waals surface area contributed by atoms with E-state index in [1.165, 1.54) is 4.68 Å². The van der Waals surface area contributed by atoms with Gasteiger partial charge in [-0.3, -0.25) is 9.00 Å². The highest BCUT2D eigenvalue weighted by Gasteiger charge is 2.21. The third-order valence-electron chi connectivity index (χ3n) is 4.03. The number of fused-ring (bicyclic) bond motifs is 3. The van der Waals surface area contributed by atoms with Crippen LogP contribution in [0.5, 0.6) is 0 Å². The average molecular weight is 357 g/mol. The minimum absolute atomic E-state index is 0.207. The molecule has 0 unspecified atom stereocenters. The number of halogens is 1. The third kappa shape index (κ3) is 2.60. The second-order valence-corrected chi connectivity index (χ2v) is 7.52. The lowest BCUT2D eigenvalue weighted by Gasteiger charge is -2.11. The molecule has 1 aromatic heterocycles. The smallest absolute Gasteiger partial charge is 0.267 e. The predicted molar refractivity (Wildman–Crippen MR) is 95.3 cm³/mol. The molecule has 120 valence electrons. The first-order valence-corrected chi connectivity index (χ1v) is 9.20. The standard InChI is InChI=1S/C18H13ClN2O2S/c19-13-5-7-14(8-6-13)21-17(22)11-12-9-10-24(23)16-4-2-1-3-15(16)18(12)20-21/h1-8,11H,9-10H2/t24-/m1/s1. The summed E-state index contributed by atoms with van der Waals surface area (Å²) in [5, 5.41) is 5.17. The normalized spacial score (nSPS) is 16.1. The summed E-state index contributed by atoms with van der Waals surface area (Å²) in [6.45, 7) is 0. The van der Waals surface area contributed by atoms with Crippen LogP contribution in [-0.4, -0.2) is 19.7 Å². The minimum Gasteiger partial charge on any atom is -0.267 e. The summed E-state index contributed by atoms with van der Waals surface area (Å²) >= 11 is 5.92. The molecule has 6 heteroatoms. The van der Waals surface area contributed by atoms with Gasteiger partial charge < -0.3 is 0 Å². The monoisotopic (exact) mass is 356 g/mol. The Labute approximate surface area is 146 Å². The van der Waals surface area contributed by atoms with E-state index in [4.69, 9.17) is 11.6 Å². The number of hydrogen-bond acceptors (Lipinski definition) is 3. The van der Waals surface area contributed by atoms with Crippen LogP contribution in [-0.2, 0) is 17.2 Å². The van der Waals surface area contributed by atoms with Crippen LogP contribution < -0.4 is 5.56 Å². The molecule has 0 saturated heterocycles. The molecular formula is C18H13ClN2O2S. The third-order valence-corrected chi connectivity index (χ3v) is 5.70. The molecule has 2 aromatic carbocycles. The van der Waals surface area contributed by atoms with Gasteiger partial charge in [0.15, 0.2) is 0 Å². The minimum atomic E-state index is -1.09. The molecule has 1 aliphatic heterocycles. The number of nitrogens with zero attached hydrogens (tertiary/aromatic N) is 2. The van der Waals surface area contributed by atoms with Gasteiger partial charge in [-0.25, -0.2) is 0 Å². The fourth-order valence-corrected chi connectivity index (χ4v) is 4.24. The number of rotatable bonds is 1. The molecule has 0 radical (unpaired) electrons. The van der Waals surface area contributed by atoms with Crippen LogP contribution in [0.4, 0.5) is 0 Å². The molecule has 0 aliphatic carbocycles. The van der Waals surface area contributed by atoms with Gasteiger partial charge in [0.05, 0.1) is 22.2 Å². The summed E-state index contributed by atoms with van der Waals surface area (Å²) in [4.78, 5) is 13.2. The summed E-state index contributed by atoms with van der Waals surface area (Å²) in [7, 11) is -1.09. The zero-order chi connectivity index (χ0) is 16.7. The van der Waals surface area contributed by atoms with Crippen molar-refractivity contribution in [1.82, 2.24) is 9.78 Å². The van der Waals surface area contributed by atoms with Gasteiger partial charge in [0, 0.05) is 27.3 Å². The van der Waals surface area contributed by atoms with Crippen LogP contribution in [0.25, 0.3) is 16.9 Å². The summed E-state index contributed by atoms with van der Waals surface area (Å²) < 4.78 is 13.8. The van der Waals surface area contributed by atoms with Crippen molar-refractivity contribution in [3.05, 3.63) is 75.5 Å². The lowest BCUT2D eigenvalue weighted by Crippen LogP contribution is -2.22. The predicted octanol–water partition coefficient (Wildman–Crippen LogP) is 3.22. The Bertz CT molecular complexity index is 1010. The van der Waals surface area contributed by atoms with Crippen LogP contribution in [0, 0.1) is 0 Å². The van der Waals surface area contributed by atoms with Crippen molar-refractivity contribution in [3.8, 4) is 16.9 Å². The molecule has 2 heterocycles. The van der Waals surface area contributed by atoms with Crippen molar-refractivity contribution in [2.75, 3.05) is 5.75 Å². The Morgan fingerprint density at radius 2 is 1.83 bits per heavy atom. The molecule has 0 saturated carbocycles. The van der Waals surface area contributed by atoms with Gasteiger partial charge in [-0.15, -0.1) is 0 Å². The zero-order valence-electron chi connectivity index (χ0n) is 12.6. The molecule has 3 aromatic rings. The zero-order valence-corrected chi connectivity index (χ0v) is 14.2. The van der Waals surface area contributed by atoms with Crippen molar-refractivity contribution in [2.45, 2.75) is 11.3 Å². The van der Waals surface area contributed by atoms with Gasteiger partial charge in [0.25, 0.3) is 5.56 Å². The quantitative estimate of drug-likeness (QED) is 0.672. The molecular weight excluding hydrogens is 344 g/mol. The van der Waals surface area contributed by atoms with E-state index in [0.29, 0.717) is 28.6 Å². The van der Waals surface area contributed by atoms with Gasteiger partial charge in [-0.2, -0.15) is 9.78 Å². The number of aryl methyl sites for hydroxylation is 1. The van der Waals surface area contributed by atoms with Crippen molar-refractivity contribution >= 4 is 22.4 Å². The summed E-state index contributed by atoms with van der Waals surface area (Å²) in [5.74, 6) is 0.496. The fraction of sp³-hybridized carbons (Fsp3) is 0.111. The Balaban J connectivity index is 1.97.